The summed E-state index contributed by atoms with van der Waals surface area (Å²) in [6.07, 6.45) is 0.502. The number of methoxy groups -OCH3 is 1. The summed E-state index contributed by atoms with van der Waals surface area (Å²) in [7, 11) is 1.59. The molecule has 0 saturated carbocycles. The van der Waals surface area contributed by atoms with Crippen LogP contribution >= 0.6 is 11.6 Å². The number of nitrogens with zero attached hydrogens (tertiary/aromatic N) is 4. The number of carbonyl (C=O) groups excluding carboxylic acids is 1. The van der Waals surface area contributed by atoms with Crippen LogP contribution in [0.1, 0.15) is 36.1 Å². The molecule has 1 atom stereocenters. The molecule has 2 heterocycles. The molecule has 29 heavy (non-hydrogen) atoms. The summed E-state index contributed by atoms with van der Waals surface area (Å²) in [5.74, 6) is 0.459. The molecule has 0 N–H and O–H groups in total. The van der Waals surface area contributed by atoms with Crippen LogP contribution in [0, 0.1) is 11.3 Å². The van der Waals surface area contributed by atoms with Crippen molar-refractivity contribution in [2.75, 3.05) is 7.11 Å². The Hall–Kier alpha value is -3.43. The number of aromatic nitrogens is 1. The molecule has 4 rings (SSSR count). The van der Waals surface area contributed by atoms with Gasteiger partial charge in [0.15, 0.2) is 0 Å². The van der Waals surface area contributed by atoms with Crippen molar-refractivity contribution in [1.82, 2.24) is 9.99 Å². The van der Waals surface area contributed by atoms with Gasteiger partial charge in [-0.3, -0.25) is 4.79 Å². The van der Waals surface area contributed by atoms with Gasteiger partial charge in [-0.1, -0.05) is 35.9 Å². The first-order chi connectivity index (χ1) is 14.0. The summed E-state index contributed by atoms with van der Waals surface area (Å²) in [5, 5.41) is 16.2. The van der Waals surface area contributed by atoms with Crippen LogP contribution in [-0.4, -0.2) is 28.7 Å². The number of benzene rings is 2. The third-order valence-corrected chi connectivity index (χ3v) is 5.25. The first-order valence-electron chi connectivity index (χ1n) is 9.02. The van der Waals surface area contributed by atoms with Gasteiger partial charge in [0.25, 0.3) is 0 Å². The molecule has 1 aliphatic heterocycles. The van der Waals surface area contributed by atoms with Crippen LogP contribution in [0.4, 0.5) is 0 Å². The van der Waals surface area contributed by atoms with E-state index in [2.05, 4.69) is 16.2 Å². The standard InChI is InChI=1S/C22H17ClN4O2/c1-13(28)27-19(11-18(26-27)15-8-6-14(12-24)7-9-15)17-10-16-4-3-5-20(29-2)21(16)25-22(17)23/h3-10,19H,11H2,1-2H3. The summed E-state index contributed by atoms with van der Waals surface area (Å²) in [6, 6.07) is 16.5. The average molecular weight is 405 g/mol. The van der Waals surface area contributed by atoms with Gasteiger partial charge in [0, 0.05) is 24.3 Å². The molecule has 0 radical (unpaired) electrons. The van der Waals surface area contributed by atoms with Gasteiger partial charge in [-0.05, 0) is 29.8 Å². The van der Waals surface area contributed by atoms with Crippen molar-refractivity contribution in [1.29, 1.82) is 5.26 Å². The Morgan fingerprint density at radius 2 is 2.03 bits per heavy atom. The largest absolute Gasteiger partial charge is 0.494 e. The molecule has 1 unspecified atom stereocenters. The summed E-state index contributed by atoms with van der Waals surface area (Å²) < 4.78 is 5.37. The Kier molecular flexibility index (Phi) is 4.91. The predicted molar refractivity (Wildman–Crippen MR) is 111 cm³/mol. The molecule has 1 amide bonds. The lowest BCUT2D eigenvalue weighted by Crippen LogP contribution is -2.24. The van der Waals surface area contributed by atoms with Gasteiger partial charge in [-0.15, -0.1) is 0 Å². The normalized spacial score (nSPS) is 15.9. The molecule has 0 saturated heterocycles. The number of rotatable bonds is 3. The number of para-hydroxylation sites is 1. The van der Waals surface area contributed by atoms with Gasteiger partial charge >= 0.3 is 0 Å². The Bertz CT molecular complexity index is 1180. The second kappa shape index (κ2) is 7.53. The van der Waals surface area contributed by atoms with Crippen molar-refractivity contribution in [3.8, 4) is 11.8 Å². The second-order valence-corrected chi connectivity index (χ2v) is 7.08. The van der Waals surface area contributed by atoms with Crippen molar-refractivity contribution in [2.45, 2.75) is 19.4 Å². The minimum Gasteiger partial charge on any atom is -0.494 e. The fourth-order valence-corrected chi connectivity index (χ4v) is 3.78. The molecule has 0 aliphatic carbocycles. The van der Waals surface area contributed by atoms with Gasteiger partial charge < -0.3 is 4.74 Å². The lowest BCUT2D eigenvalue weighted by molar-refractivity contribution is -0.130. The number of hydrazone groups is 1. The second-order valence-electron chi connectivity index (χ2n) is 6.72. The van der Waals surface area contributed by atoms with Crippen molar-refractivity contribution >= 4 is 34.1 Å². The van der Waals surface area contributed by atoms with Crippen LogP contribution in [0.25, 0.3) is 10.9 Å². The van der Waals surface area contributed by atoms with E-state index in [0.29, 0.717) is 28.4 Å². The molecular weight excluding hydrogens is 388 g/mol. The van der Waals surface area contributed by atoms with Crippen LogP contribution in [0.3, 0.4) is 0 Å². The quantitative estimate of drug-likeness (QED) is 0.603. The van der Waals surface area contributed by atoms with E-state index in [0.717, 1.165) is 22.2 Å². The Balaban J connectivity index is 1.75. The summed E-state index contributed by atoms with van der Waals surface area (Å²) in [4.78, 5) is 16.8. The molecule has 2 aromatic carbocycles. The topological polar surface area (TPSA) is 78.6 Å². The van der Waals surface area contributed by atoms with Gasteiger partial charge in [0.05, 0.1) is 30.5 Å². The first kappa shape index (κ1) is 18.9. The van der Waals surface area contributed by atoms with Gasteiger partial charge in [-0.25, -0.2) is 9.99 Å². The van der Waals surface area contributed by atoms with E-state index in [1.165, 1.54) is 11.9 Å². The van der Waals surface area contributed by atoms with E-state index in [9.17, 15) is 4.79 Å². The number of pyridine rings is 1. The minimum atomic E-state index is -0.353. The summed E-state index contributed by atoms with van der Waals surface area (Å²) in [5.41, 5.74) is 3.60. The third kappa shape index (κ3) is 3.41. The zero-order valence-electron chi connectivity index (χ0n) is 15.9. The van der Waals surface area contributed by atoms with Gasteiger partial charge in [0.2, 0.25) is 5.91 Å². The van der Waals surface area contributed by atoms with Crippen LogP contribution in [-0.2, 0) is 4.79 Å². The monoisotopic (exact) mass is 404 g/mol. The SMILES string of the molecule is COc1cccc2cc(C3CC(c4ccc(C#N)cc4)=NN3C(C)=O)c(Cl)nc12. The van der Waals surface area contributed by atoms with E-state index in [4.69, 9.17) is 21.6 Å². The highest BCUT2D eigenvalue weighted by Crippen LogP contribution is 2.38. The average Bonchev–Trinajstić information content (AvgIpc) is 3.18. The maximum Gasteiger partial charge on any atom is 0.240 e. The summed E-state index contributed by atoms with van der Waals surface area (Å²) in [6.45, 7) is 1.48. The molecule has 1 aliphatic rings. The Morgan fingerprint density at radius 1 is 1.28 bits per heavy atom. The number of amides is 1. The smallest absolute Gasteiger partial charge is 0.240 e. The molecule has 6 nitrogen and oxygen atoms in total. The van der Waals surface area contributed by atoms with Crippen LogP contribution < -0.4 is 4.74 Å². The Labute approximate surface area is 173 Å². The molecular formula is C22H17ClN4O2. The van der Waals surface area contributed by atoms with E-state index >= 15 is 0 Å². The number of hydrogen-bond donors (Lipinski definition) is 0. The van der Waals surface area contributed by atoms with E-state index < -0.39 is 0 Å². The number of ether oxygens (including phenoxy) is 1. The van der Waals surface area contributed by atoms with E-state index in [1.807, 2.05) is 36.4 Å². The highest BCUT2D eigenvalue weighted by molar-refractivity contribution is 6.30. The molecule has 7 heteroatoms. The number of hydrogen-bond acceptors (Lipinski definition) is 5. The van der Waals surface area contributed by atoms with Gasteiger partial charge in [-0.2, -0.15) is 10.4 Å². The third-order valence-electron chi connectivity index (χ3n) is 4.95. The predicted octanol–water partition coefficient (Wildman–Crippen LogP) is 4.47. The van der Waals surface area contributed by atoms with Crippen LogP contribution in [0.15, 0.2) is 53.6 Å². The number of nitriles is 1. The highest BCUT2D eigenvalue weighted by atomic mass is 35.5. The Morgan fingerprint density at radius 3 is 2.69 bits per heavy atom. The van der Waals surface area contributed by atoms with Crippen molar-refractivity contribution in [3.05, 3.63) is 70.4 Å². The van der Waals surface area contributed by atoms with Crippen molar-refractivity contribution in [2.24, 2.45) is 5.10 Å². The van der Waals surface area contributed by atoms with Crippen LogP contribution in [0.2, 0.25) is 5.15 Å². The van der Waals surface area contributed by atoms with Crippen LogP contribution in [0.5, 0.6) is 5.75 Å². The molecule has 0 bridgehead atoms. The fourth-order valence-electron chi connectivity index (χ4n) is 3.52. The summed E-state index contributed by atoms with van der Waals surface area (Å²) >= 11 is 6.52. The van der Waals surface area contributed by atoms with E-state index in [-0.39, 0.29) is 11.9 Å². The number of fused-ring (bicyclic) bond motifs is 1. The van der Waals surface area contributed by atoms with Crippen molar-refractivity contribution in [3.63, 3.8) is 0 Å². The highest BCUT2D eigenvalue weighted by Gasteiger charge is 2.33. The minimum absolute atomic E-state index is 0.180. The number of carbonyl (C=O) groups is 1. The molecule has 0 fully saturated rings. The maximum atomic E-state index is 12.3. The van der Waals surface area contributed by atoms with E-state index in [1.54, 1.807) is 19.2 Å². The lowest BCUT2D eigenvalue weighted by atomic mass is 9.98. The van der Waals surface area contributed by atoms with Crippen molar-refractivity contribution < 1.29 is 9.53 Å². The lowest BCUT2D eigenvalue weighted by Gasteiger charge is -2.21. The first-order valence-corrected chi connectivity index (χ1v) is 9.40. The molecule has 1 aromatic heterocycles. The number of halogens is 1. The zero-order chi connectivity index (χ0) is 20.5. The fraction of sp³-hybridized carbons (Fsp3) is 0.182. The molecule has 3 aromatic rings. The molecule has 144 valence electrons. The zero-order valence-corrected chi connectivity index (χ0v) is 16.6. The molecule has 0 spiro atoms. The maximum absolute atomic E-state index is 12.3. The van der Waals surface area contributed by atoms with Gasteiger partial charge in [0.1, 0.15) is 16.4 Å².